The van der Waals surface area contributed by atoms with Crippen molar-refractivity contribution in [2.75, 3.05) is 0 Å². The summed E-state index contributed by atoms with van der Waals surface area (Å²) in [5.74, 6) is 0.918. The number of carbonyl (C=O) groups excluding carboxylic acids is 1. The summed E-state index contributed by atoms with van der Waals surface area (Å²) in [7, 11) is 0. The average Bonchev–Trinajstić information content (AvgIpc) is 2.68. The topological polar surface area (TPSA) is 68.3 Å². The molecule has 0 aliphatic heterocycles. The van der Waals surface area contributed by atoms with E-state index < -0.39 is 0 Å². The first kappa shape index (κ1) is 10.1. The fourth-order valence-electron chi connectivity index (χ4n) is 2.12. The second-order valence-corrected chi connectivity index (χ2v) is 3.95. The van der Waals surface area contributed by atoms with Crippen LogP contribution in [0.4, 0.5) is 5.82 Å². The normalized spacial score (nSPS) is 17.3. The van der Waals surface area contributed by atoms with Crippen LogP contribution in [0.15, 0.2) is 9.62 Å². The Labute approximate surface area is 87.5 Å². The second kappa shape index (κ2) is 4.84. The molecule has 0 amide bonds. The molecule has 0 spiro atoms. The quantitative estimate of drug-likeness (QED) is 0.562. The summed E-state index contributed by atoms with van der Waals surface area (Å²) in [5.41, 5.74) is 0.685. The molecule has 0 unspecified atom stereocenters. The predicted octanol–water partition coefficient (Wildman–Crippen LogP) is 2.16. The van der Waals surface area contributed by atoms with Gasteiger partial charge < -0.3 is 0 Å². The van der Waals surface area contributed by atoms with Crippen molar-refractivity contribution in [3.63, 3.8) is 0 Å². The molecule has 2 rings (SSSR count). The molecule has 1 heterocycles. The lowest BCUT2D eigenvalue weighted by molar-refractivity contribution is 0.296. The monoisotopic (exact) mass is 207 g/mol. The third kappa shape index (κ3) is 2.50. The number of rotatable bonds is 3. The maximum atomic E-state index is 10.1. The molecule has 0 N–H and O–H groups in total. The van der Waals surface area contributed by atoms with Gasteiger partial charge in [0.15, 0.2) is 0 Å². The van der Waals surface area contributed by atoms with Crippen LogP contribution in [0.25, 0.3) is 0 Å². The smallest absolute Gasteiger partial charge is 0.242 e. The van der Waals surface area contributed by atoms with E-state index in [1.54, 1.807) is 0 Å². The van der Waals surface area contributed by atoms with Gasteiger partial charge in [-0.05, 0) is 17.5 Å². The van der Waals surface area contributed by atoms with Crippen LogP contribution in [0.2, 0.25) is 0 Å². The molecule has 1 aliphatic carbocycles. The zero-order valence-corrected chi connectivity index (χ0v) is 8.48. The van der Waals surface area contributed by atoms with E-state index in [9.17, 15) is 4.79 Å². The number of nitrogens with zero attached hydrogens (tertiary/aromatic N) is 3. The molecule has 1 saturated carbocycles. The minimum Gasteiger partial charge on any atom is -0.242 e. The van der Waals surface area contributed by atoms with Crippen molar-refractivity contribution in [1.29, 1.82) is 0 Å². The summed E-state index contributed by atoms with van der Waals surface area (Å²) >= 11 is 0. The fraction of sp³-hybridized carbons (Fsp3) is 0.700. The molecule has 5 heteroatoms. The Morgan fingerprint density at radius 2 is 2.13 bits per heavy atom. The van der Waals surface area contributed by atoms with E-state index in [0.29, 0.717) is 11.6 Å². The first-order chi connectivity index (χ1) is 7.40. The minimum absolute atomic E-state index is 0.288. The van der Waals surface area contributed by atoms with Crippen LogP contribution in [-0.2, 0) is 11.2 Å². The van der Waals surface area contributed by atoms with Gasteiger partial charge in [-0.15, -0.1) is 4.99 Å². The van der Waals surface area contributed by atoms with Crippen LogP contribution in [0.1, 0.15) is 37.8 Å². The third-order valence-electron chi connectivity index (χ3n) is 2.89. The van der Waals surface area contributed by atoms with Crippen molar-refractivity contribution in [2.45, 2.75) is 38.5 Å². The zero-order chi connectivity index (χ0) is 10.5. The van der Waals surface area contributed by atoms with Gasteiger partial charge in [-0.3, -0.25) is 0 Å². The Bertz CT molecular complexity index is 362. The molecule has 0 bridgehead atoms. The van der Waals surface area contributed by atoms with Gasteiger partial charge in [0, 0.05) is 0 Å². The maximum absolute atomic E-state index is 10.1. The lowest BCUT2D eigenvalue weighted by Crippen LogP contribution is -2.09. The first-order valence-corrected chi connectivity index (χ1v) is 5.29. The van der Waals surface area contributed by atoms with Gasteiger partial charge in [0.1, 0.15) is 5.69 Å². The lowest BCUT2D eigenvalue weighted by Gasteiger charge is -2.19. The summed E-state index contributed by atoms with van der Waals surface area (Å²) in [6, 6.07) is 0. The van der Waals surface area contributed by atoms with Gasteiger partial charge in [0.05, 0.1) is 0 Å². The van der Waals surface area contributed by atoms with Crippen LogP contribution in [0.3, 0.4) is 0 Å². The van der Waals surface area contributed by atoms with Crippen molar-refractivity contribution in [1.82, 2.24) is 10.3 Å². The summed E-state index contributed by atoms with van der Waals surface area (Å²) in [6.07, 6.45) is 8.59. The summed E-state index contributed by atoms with van der Waals surface area (Å²) in [5, 5.41) is 7.33. The number of hydrogen-bond acceptors (Lipinski definition) is 5. The molecule has 15 heavy (non-hydrogen) atoms. The molecule has 0 aromatic carbocycles. The van der Waals surface area contributed by atoms with Gasteiger partial charge in [-0.2, -0.15) is 0 Å². The molecular weight excluding hydrogens is 194 g/mol. The zero-order valence-electron chi connectivity index (χ0n) is 8.48. The van der Waals surface area contributed by atoms with Gasteiger partial charge in [-0.1, -0.05) is 37.3 Å². The van der Waals surface area contributed by atoms with Gasteiger partial charge in [-0.25, -0.2) is 9.42 Å². The van der Waals surface area contributed by atoms with Crippen LogP contribution < -0.4 is 0 Å². The molecule has 1 fully saturated rings. The number of aromatic nitrogens is 2. The Kier molecular flexibility index (Phi) is 3.25. The molecular formula is C10H13N3O2. The number of hydrogen-bond donors (Lipinski definition) is 0. The van der Waals surface area contributed by atoms with Crippen LogP contribution in [0.5, 0.6) is 0 Å². The summed E-state index contributed by atoms with van der Waals surface area (Å²) in [6.45, 7) is 0. The van der Waals surface area contributed by atoms with Crippen molar-refractivity contribution in [3.8, 4) is 0 Å². The maximum Gasteiger partial charge on any atom is 0.242 e. The van der Waals surface area contributed by atoms with E-state index in [2.05, 4.69) is 19.9 Å². The van der Waals surface area contributed by atoms with Gasteiger partial charge in [0.25, 0.3) is 0 Å². The standard InChI is InChI=1S/C10H13N3O2/c14-7-11-10-9(12-15-13-10)6-8-4-2-1-3-5-8/h8H,1-6H2. The molecule has 1 aromatic heterocycles. The lowest BCUT2D eigenvalue weighted by atomic mass is 9.86. The summed E-state index contributed by atoms with van der Waals surface area (Å²) < 4.78 is 4.57. The van der Waals surface area contributed by atoms with E-state index in [1.165, 1.54) is 38.2 Å². The van der Waals surface area contributed by atoms with E-state index in [0.717, 1.165) is 6.42 Å². The van der Waals surface area contributed by atoms with E-state index in [4.69, 9.17) is 0 Å². The van der Waals surface area contributed by atoms with Crippen LogP contribution >= 0.6 is 0 Å². The third-order valence-corrected chi connectivity index (χ3v) is 2.89. The van der Waals surface area contributed by atoms with E-state index >= 15 is 0 Å². The van der Waals surface area contributed by atoms with Crippen molar-refractivity contribution in [2.24, 2.45) is 10.9 Å². The predicted molar refractivity (Wildman–Crippen MR) is 52.4 cm³/mol. The number of isocyanates is 1. The van der Waals surface area contributed by atoms with Crippen molar-refractivity contribution >= 4 is 11.9 Å². The van der Waals surface area contributed by atoms with E-state index in [-0.39, 0.29) is 5.82 Å². The highest BCUT2D eigenvalue weighted by molar-refractivity contribution is 5.45. The van der Waals surface area contributed by atoms with E-state index in [1.807, 2.05) is 0 Å². The van der Waals surface area contributed by atoms with Crippen LogP contribution in [0, 0.1) is 5.92 Å². The largest absolute Gasteiger partial charge is 0.242 e. The highest BCUT2D eigenvalue weighted by Gasteiger charge is 2.18. The van der Waals surface area contributed by atoms with Gasteiger partial charge in [0.2, 0.25) is 11.9 Å². The molecule has 1 aromatic rings. The molecule has 80 valence electrons. The highest BCUT2D eigenvalue weighted by atomic mass is 16.6. The SMILES string of the molecule is O=C=Nc1nonc1CC1CCCCC1. The molecule has 1 aliphatic rings. The Hall–Kier alpha value is -1.48. The highest BCUT2D eigenvalue weighted by Crippen LogP contribution is 2.28. The van der Waals surface area contributed by atoms with Crippen molar-refractivity contribution < 1.29 is 9.42 Å². The fourth-order valence-corrected chi connectivity index (χ4v) is 2.12. The van der Waals surface area contributed by atoms with Gasteiger partial charge >= 0.3 is 0 Å². The average molecular weight is 207 g/mol. The molecule has 0 saturated heterocycles. The molecule has 5 nitrogen and oxygen atoms in total. The van der Waals surface area contributed by atoms with Crippen LogP contribution in [-0.4, -0.2) is 16.4 Å². The first-order valence-electron chi connectivity index (χ1n) is 5.29. The Morgan fingerprint density at radius 1 is 1.33 bits per heavy atom. The summed E-state index contributed by atoms with van der Waals surface area (Å²) in [4.78, 5) is 13.6. The molecule has 0 atom stereocenters. The Balaban J connectivity index is 2.02. The Morgan fingerprint density at radius 3 is 2.87 bits per heavy atom. The number of aliphatic imine (C=N–C) groups is 1. The van der Waals surface area contributed by atoms with Crippen molar-refractivity contribution in [3.05, 3.63) is 5.69 Å². The second-order valence-electron chi connectivity index (χ2n) is 3.95. The molecule has 0 radical (unpaired) electrons. The minimum atomic E-state index is 0.288.